The molecular weight excluding hydrogens is 440 g/mol. The molecule has 0 atom stereocenters. The summed E-state index contributed by atoms with van der Waals surface area (Å²) in [5.74, 6) is -0.0217. The first-order chi connectivity index (χ1) is 15.9. The van der Waals surface area contributed by atoms with E-state index < -0.39 is 20.4 Å². The van der Waals surface area contributed by atoms with Gasteiger partial charge in [-0.15, -0.1) is 0 Å². The summed E-state index contributed by atoms with van der Waals surface area (Å²) in [4.78, 5) is 24.3. The van der Waals surface area contributed by atoms with E-state index in [4.69, 9.17) is 9.47 Å². The average Bonchev–Trinajstić information content (AvgIpc) is 2.86. The number of benzene rings is 4. The predicted octanol–water partition coefficient (Wildman–Crippen LogP) is 6.13. The fraction of sp³-hybridized carbons (Fsp3) is 0. The molecule has 7 heteroatoms. The molecule has 0 N–H and O–H groups in total. The predicted molar refractivity (Wildman–Crippen MR) is 125 cm³/mol. The molecule has 0 spiro atoms. The normalized spacial score (nSPS) is 10.9. The summed E-state index contributed by atoms with van der Waals surface area (Å²) in [5.41, 5.74) is 3.61. The molecule has 0 aliphatic carbocycles. The van der Waals surface area contributed by atoms with Crippen molar-refractivity contribution in [1.29, 1.82) is 0 Å². The van der Waals surface area contributed by atoms with Gasteiger partial charge in [0, 0.05) is 0 Å². The minimum Gasteiger partial charge on any atom is -0.414 e. The third-order valence-corrected chi connectivity index (χ3v) is 5.81. The van der Waals surface area contributed by atoms with Gasteiger partial charge in [-0.05, 0) is 46.5 Å². The van der Waals surface area contributed by atoms with E-state index in [-0.39, 0.29) is 11.5 Å². The Bertz CT molecular complexity index is 1260. The monoisotopic (exact) mass is 458 g/mol. The Morgan fingerprint density at radius 1 is 0.455 bits per heavy atom. The molecular formula is C26H18O6S. The summed E-state index contributed by atoms with van der Waals surface area (Å²) in [5, 5.41) is -3.42. The molecule has 0 amide bonds. The first-order valence-electron chi connectivity index (χ1n) is 9.93. The maximum absolute atomic E-state index is 12.3. The lowest BCUT2D eigenvalue weighted by Crippen LogP contribution is -2.29. The van der Waals surface area contributed by atoms with E-state index in [1.807, 2.05) is 60.7 Å². The standard InChI is InChI=1S/C26H18O6S/c27-25(31-23-15-11-21(12-16-23)19-7-3-1-4-8-19)33(29,30)26(28)32-24-17-13-22(14-18-24)20-9-5-2-6-10-20/h1-18H. The molecule has 0 saturated carbocycles. The Balaban J connectivity index is 1.41. The Labute approximate surface area is 191 Å². The molecule has 0 aromatic heterocycles. The molecule has 0 fully saturated rings. The quantitative estimate of drug-likeness (QED) is 0.342. The summed E-state index contributed by atoms with van der Waals surface area (Å²) in [6.07, 6.45) is 0. The Morgan fingerprint density at radius 3 is 1.09 bits per heavy atom. The minimum absolute atomic E-state index is 0.0109. The van der Waals surface area contributed by atoms with Crippen LogP contribution in [0.5, 0.6) is 11.5 Å². The number of carbonyl (C=O) groups is 2. The molecule has 4 aromatic carbocycles. The Morgan fingerprint density at radius 2 is 0.758 bits per heavy atom. The van der Waals surface area contributed by atoms with Crippen LogP contribution in [0.2, 0.25) is 0 Å². The molecule has 0 bridgehead atoms. The summed E-state index contributed by atoms with van der Waals surface area (Å²) in [6, 6.07) is 31.5. The smallest absolute Gasteiger partial charge is 0.414 e. The van der Waals surface area contributed by atoms with Crippen molar-refractivity contribution in [1.82, 2.24) is 0 Å². The zero-order chi connectivity index (χ0) is 23.3. The van der Waals surface area contributed by atoms with Crippen LogP contribution in [-0.4, -0.2) is 19.0 Å². The van der Waals surface area contributed by atoms with Gasteiger partial charge in [-0.25, -0.2) is 18.0 Å². The van der Waals surface area contributed by atoms with E-state index in [0.29, 0.717) is 0 Å². The molecule has 0 aliphatic heterocycles. The van der Waals surface area contributed by atoms with E-state index in [0.717, 1.165) is 22.3 Å². The van der Waals surface area contributed by atoms with Gasteiger partial charge in [0.1, 0.15) is 11.5 Å². The van der Waals surface area contributed by atoms with Crippen LogP contribution < -0.4 is 9.47 Å². The molecule has 33 heavy (non-hydrogen) atoms. The van der Waals surface area contributed by atoms with Crippen molar-refractivity contribution in [2.45, 2.75) is 0 Å². The first-order valence-corrected chi connectivity index (χ1v) is 11.4. The lowest BCUT2D eigenvalue weighted by atomic mass is 10.1. The van der Waals surface area contributed by atoms with Gasteiger partial charge in [-0.3, -0.25) is 0 Å². The molecule has 0 radical (unpaired) electrons. The highest BCUT2D eigenvalue weighted by atomic mass is 32.2. The largest absolute Gasteiger partial charge is 0.441 e. The molecule has 164 valence electrons. The summed E-state index contributed by atoms with van der Waals surface area (Å²) >= 11 is 0. The number of hydrogen-bond acceptors (Lipinski definition) is 6. The molecule has 0 aliphatic rings. The fourth-order valence-electron chi connectivity index (χ4n) is 3.06. The summed E-state index contributed by atoms with van der Waals surface area (Å²) in [6.45, 7) is 0. The second-order valence-electron chi connectivity index (χ2n) is 6.99. The number of rotatable bonds is 4. The van der Waals surface area contributed by atoms with Crippen LogP contribution in [0, 0.1) is 0 Å². The molecule has 0 heterocycles. The van der Waals surface area contributed by atoms with Gasteiger partial charge < -0.3 is 9.47 Å². The Hall–Kier alpha value is -4.23. The maximum atomic E-state index is 12.3. The lowest BCUT2D eigenvalue weighted by molar-refractivity contribution is 0.217. The average molecular weight is 458 g/mol. The van der Waals surface area contributed by atoms with E-state index >= 15 is 0 Å². The third-order valence-electron chi connectivity index (χ3n) is 4.76. The van der Waals surface area contributed by atoms with Gasteiger partial charge in [0.2, 0.25) is 0 Å². The van der Waals surface area contributed by atoms with Gasteiger partial charge >= 0.3 is 20.4 Å². The van der Waals surface area contributed by atoms with E-state index in [9.17, 15) is 18.0 Å². The topological polar surface area (TPSA) is 86.7 Å². The van der Waals surface area contributed by atoms with Crippen LogP contribution in [0.4, 0.5) is 9.59 Å². The molecule has 4 rings (SSSR count). The molecule has 6 nitrogen and oxygen atoms in total. The van der Waals surface area contributed by atoms with Crippen molar-refractivity contribution >= 4 is 20.4 Å². The van der Waals surface area contributed by atoms with Crippen molar-refractivity contribution in [3.8, 4) is 33.8 Å². The minimum atomic E-state index is -4.98. The van der Waals surface area contributed by atoms with Crippen molar-refractivity contribution in [2.75, 3.05) is 0 Å². The van der Waals surface area contributed by atoms with Crippen LogP contribution >= 0.6 is 0 Å². The summed E-state index contributed by atoms with van der Waals surface area (Å²) in [7, 11) is -4.98. The Kier molecular flexibility index (Phi) is 6.33. The zero-order valence-corrected chi connectivity index (χ0v) is 18.1. The van der Waals surface area contributed by atoms with E-state index in [1.165, 1.54) is 24.3 Å². The number of carbonyl (C=O) groups excluding carboxylic acids is 2. The highest BCUT2D eigenvalue weighted by molar-refractivity contribution is 8.18. The maximum Gasteiger partial charge on any atom is 0.441 e. The number of hydrogen-bond donors (Lipinski definition) is 0. The van der Waals surface area contributed by atoms with Gasteiger partial charge in [0.15, 0.2) is 0 Å². The second kappa shape index (κ2) is 9.50. The third kappa shape index (κ3) is 5.16. The fourth-order valence-corrected chi connectivity index (χ4v) is 3.61. The number of ether oxygens (including phenoxy) is 2. The van der Waals surface area contributed by atoms with Crippen LogP contribution in [-0.2, 0) is 9.84 Å². The highest BCUT2D eigenvalue weighted by Crippen LogP contribution is 2.24. The van der Waals surface area contributed by atoms with Crippen molar-refractivity contribution in [3.63, 3.8) is 0 Å². The van der Waals surface area contributed by atoms with Crippen LogP contribution in [0.15, 0.2) is 109 Å². The zero-order valence-electron chi connectivity index (χ0n) is 17.3. The van der Waals surface area contributed by atoms with Gasteiger partial charge in [0.05, 0.1) is 0 Å². The first kappa shape index (κ1) is 22.0. The highest BCUT2D eigenvalue weighted by Gasteiger charge is 2.36. The molecule has 0 saturated heterocycles. The van der Waals surface area contributed by atoms with Crippen molar-refractivity contribution in [3.05, 3.63) is 109 Å². The van der Waals surface area contributed by atoms with Crippen molar-refractivity contribution in [2.24, 2.45) is 0 Å². The van der Waals surface area contributed by atoms with Gasteiger partial charge in [0.25, 0.3) is 0 Å². The SMILES string of the molecule is O=C(Oc1ccc(-c2ccccc2)cc1)S(=O)(=O)C(=O)Oc1ccc(-c2ccccc2)cc1. The lowest BCUT2D eigenvalue weighted by Gasteiger charge is -2.08. The van der Waals surface area contributed by atoms with E-state index in [1.54, 1.807) is 24.3 Å². The number of sulfone groups is 1. The second-order valence-corrected chi connectivity index (χ2v) is 8.66. The van der Waals surface area contributed by atoms with Gasteiger partial charge in [-0.1, -0.05) is 84.9 Å². The van der Waals surface area contributed by atoms with Crippen LogP contribution in [0.25, 0.3) is 22.3 Å². The van der Waals surface area contributed by atoms with E-state index in [2.05, 4.69) is 0 Å². The van der Waals surface area contributed by atoms with Crippen LogP contribution in [0.3, 0.4) is 0 Å². The van der Waals surface area contributed by atoms with Gasteiger partial charge in [-0.2, -0.15) is 0 Å². The summed E-state index contributed by atoms with van der Waals surface area (Å²) < 4.78 is 34.3. The van der Waals surface area contributed by atoms with Crippen molar-refractivity contribution < 1.29 is 27.5 Å². The molecule has 0 unspecified atom stereocenters. The molecule has 4 aromatic rings. The van der Waals surface area contributed by atoms with Crippen LogP contribution in [0.1, 0.15) is 0 Å².